The lowest BCUT2D eigenvalue weighted by molar-refractivity contribution is -0.129. The van der Waals surface area contributed by atoms with Gasteiger partial charge in [-0.15, -0.1) is 0 Å². The van der Waals surface area contributed by atoms with Crippen molar-refractivity contribution in [1.82, 2.24) is 10.2 Å². The molecule has 0 spiro atoms. The molecule has 0 aromatic heterocycles. The Labute approximate surface area is 104 Å². The van der Waals surface area contributed by atoms with Gasteiger partial charge in [0.2, 0.25) is 5.91 Å². The van der Waals surface area contributed by atoms with Gasteiger partial charge in [0.1, 0.15) is 5.78 Å². The third-order valence-electron chi connectivity index (χ3n) is 3.58. The minimum absolute atomic E-state index is 0.142. The van der Waals surface area contributed by atoms with Crippen LogP contribution in [0.4, 0.5) is 0 Å². The summed E-state index contributed by atoms with van der Waals surface area (Å²) in [5.41, 5.74) is -0.227. The second-order valence-electron chi connectivity index (χ2n) is 5.33. The van der Waals surface area contributed by atoms with Gasteiger partial charge in [0.05, 0.1) is 5.41 Å². The Morgan fingerprint density at radius 1 is 1.35 bits per heavy atom. The summed E-state index contributed by atoms with van der Waals surface area (Å²) in [4.78, 5) is 24.9. The second-order valence-corrected chi connectivity index (χ2v) is 5.33. The average molecular weight is 240 g/mol. The van der Waals surface area contributed by atoms with Crippen LogP contribution in [-0.4, -0.2) is 43.3 Å². The predicted octanol–water partition coefficient (Wildman–Crippen LogP) is 1.20. The molecule has 0 aliphatic carbocycles. The number of carbonyl (C=O) groups is 2. The Hall–Kier alpha value is -0.900. The standard InChI is InChI=1S/C13H24N2O2/c1-11(16)6-4-5-8-15-9-7-13(2,10-15)12(17)14-3/h4-10H2,1-3H3,(H,14,17). The van der Waals surface area contributed by atoms with Gasteiger partial charge in [-0.3, -0.25) is 4.79 Å². The predicted molar refractivity (Wildman–Crippen MR) is 67.8 cm³/mol. The van der Waals surface area contributed by atoms with Gasteiger partial charge in [0.25, 0.3) is 0 Å². The van der Waals surface area contributed by atoms with Crippen molar-refractivity contribution in [3.05, 3.63) is 0 Å². The molecule has 1 fully saturated rings. The summed E-state index contributed by atoms with van der Waals surface area (Å²) in [5.74, 6) is 0.408. The highest BCUT2D eigenvalue weighted by molar-refractivity contribution is 5.82. The molecule has 0 aromatic carbocycles. The Morgan fingerprint density at radius 2 is 2.06 bits per heavy atom. The molecule has 98 valence electrons. The van der Waals surface area contributed by atoms with Gasteiger partial charge in [-0.2, -0.15) is 0 Å². The molecule has 1 N–H and O–H groups in total. The summed E-state index contributed by atoms with van der Waals surface area (Å²) in [6.07, 6.45) is 3.62. The lowest BCUT2D eigenvalue weighted by atomic mass is 9.89. The first kappa shape index (κ1) is 14.2. The zero-order valence-electron chi connectivity index (χ0n) is 11.2. The minimum Gasteiger partial charge on any atom is -0.359 e. The Balaban J connectivity index is 2.26. The monoisotopic (exact) mass is 240 g/mol. The van der Waals surface area contributed by atoms with Crippen LogP contribution >= 0.6 is 0 Å². The third-order valence-corrected chi connectivity index (χ3v) is 3.58. The largest absolute Gasteiger partial charge is 0.359 e. The molecule has 0 bridgehead atoms. The first-order valence-corrected chi connectivity index (χ1v) is 6.42. The van der Waals surface area contributed by atoms with E-state index in [1.165, 1.54) is 0 Å². The summed E-state index contributed by atoms with van der Waals surface area (Å²) < 4.78 is 0. The van der Waals surface area contributed by atoms with Crippen LogP contribution in [-0.2, 0) is 9.59 Å². The van der Waals surface area contributed by atoms with Gasteiger partial charge in [-0.1, -0.05) is 0 Å². The maximum atomic E-state index is 11.7. The molecule has 1 saturated heterocycles. The Morgan fingerprint density at radius 3 is 2.65 bits per heavy atom. The Kier molecular flexibility index (Phi) is 5.12. The zero-order chi connectivity index (χ0) is 12.9. The summed E-state index contributed by atoms with van der Waals surface area (Å²) in [6, 6.07) is 0. The molecule has 1 amide bonds. The number of Topliss-reactive ketones (excluding diaryl/α,β-unsaturated/α-hetero) is 1. The SMILES string of the molecule is CNC(=O)C1(C)CCN(CCCCC(C)=O)C1. The average Bonchev–Trinajstić information content (AvgIpc) is 2.66. The van der Waals surface area contributed by atoms with Gasteiger partial charge < -0.3 is 15.0 Å². The molecule has 1 aliphatic heterocycles. The van der Waals surface area contributed by atoms with Crippen molar-refractivity contribution in [2.24, 2.45) is 5.41 Å². The van der Waals surface area contributed by atoms with Crippen molar-refractivity contribution >= 4 is 11.7 Å². The van der Waals surface area contributed by atoms with E-state index in [2.05, 4.69) is 10.2 Å². The normalized spacial score (nSPS) is 24.9. The number of amides is 1. The van der Waals surface area contributed by atoms with E-state index >= 15 is 0 Å². The van der Waals surface area contributed by atoms with Crippen LogP contribution in [0.1, 0.15) is 39.5 Å². The number of rotatable bonds is 6. The fourth-order valence-corrected chi connectivity index (χ4v) is 2.44. The summed E-state index contributed by atoms with van der Waals surface area (Å²) >= 11 is 0. The van der Waals surface area contributed by atoms with Gasteiger partial charge in [0, 0.05) is 20.0 Å². The smallest absolute Gasteiger partial charge is 0.227 e. The van der Waals surface area contributed by atoms with Crippen molar-refractivity contribution in [2.45, 2.75) is 39.5 Å². The van der Waals surface area contributed by atoms with E-state index in [4.69, 9.17) is 0 Å². The van der Waals surface area contributed by atoms with E-state index in [-0.39, 0.29) is 17.1 Å². The summed E-state index contributed by atoms with van der Waals surface area (Å²) in [7, 11) is 1.70. The van der Waals surface area contributed by atoms with Gasteiger partial charge in [-0.25, -0.2) is 0 Å². The van der Waals surface area contributed by atoms with E-state index in [0.29, 0.717) is 6.42 Å². The number of hydrogen-bond donors (Lipinski definition) is 1. The maximum Gasteiger partial charge on any atom is 0.227 e. The first-order valence-electron chi connectivity index (χ1n) is 6.42. The summed E-state index contributed by atoms with van der Waals surface area (Å²) in [6.45, 7) is 6.50. The highest BCUT2D eigenvalue weighted by Crippen LogP contribution is 2.30. The molecule has 17 heavy (non-hydrogen) atoms. The van der Waals surface area contributed by atoms with E-state index in [0.717, 1.165) is 38.9 Å². The van der Waals surface area contributed by atoms with E-state index in [9.17, 15) is 9.59 Å². The molecule has 1 heterocycles. The van der Waals surface area contributed by atoms with Gasteiger partial charge in [-0.05, 0) is 46.2 Å². The number of unbranched alkanes of at least 4 members (excludes halogenated alkanes) is 1. The van der Waals surface area contributed by atoms with Gasteiger partial charge in [0.15, 0.2) is 0 Å². The number of ketones is 1. The van der Waals surface area contributed by atoms with Crippen molar-refractivity contribution in [1.29, 1.82) is 0 Å². The third kappa shape index (κ3) is 4.11. The molecule has 1 rings (SSSR count). The molecular formula is C13H24N2O2. The molecular weight excluding hydrogens is 216 g/mol. The Bertz CT molecular complexity index is 291. The quantitative estimate of drug-likeness (QED) is 0.710. The van der Waals surface area contributed by atoms with Crippen LogP contribution in [0, 0.1) is 5.41 Å². The number of likely N-dealkylation sites (tertiary alicyclic amines) is 1. The maximum absolute atomic E-state index is 11.7. The highest BCUT2D eigenvalue weighted by atomic mass is 16.2. The van der Waals surface area contributed by atoms with Crippen molar-refractivity contribution < 1.29 is 9.59 Å². The molecule has 1 atom stereocenters. The van der Waals surface area contributed by atoms with Crippen LogP contribution in [0.3, 0.4) is 0 Å². The molecule has 0 radical (unpaired) electrons. The van der Waals surface area contributed by atoms with E-state index in [1.54, 1.807) is 14.0 Å². The lowest BCUT2D eigenvalue weighted by Crippen LogP contribution is -2.39. The molecule has 0 saturated carbocycles. The lowest BCUT2D eigenvalue weighted by Gasteiger charge is -2.22. The molecule has 4 heteroatoms. The number of nitrogens with one attached hydrogen (secondary N) is 1. The highest BCUT2D eigenvalue weighted by Gasteiger charge is 2.39. The fraction of sp³-hybridized carbons (Fsp3) is 0.846. The number of nitrogens with zero attached hydrogens (tertiary/aromatic N) is 1. The molecule has 1 aliphatic rings. The molecule has 4 nitrogen and oxygen atoms in total. The second kappa shape index (κ2) is 6.15. The minimum atomic E-state index is -0.227. The van der Waals surface area contributed by atoms with Crippen LogP contribution in [0.15, 0.2) is 0 Å². The van der Waals surface area contributed by atoms with Crippen molar-refractivity contribution in [3.8, 4) is 0 Å². The van der Waals surface area contributed by atoms with Crippen molar-refractivity contribution in [2.75, 3.05) is 26.7 Å². The van der Waals surface area contributed by atoms with E-state index in [1.807, 2.05) is 6.92 Å². The van der Waals surface area contributed by atoms with Crippen LogP contribution in [0.5, 0.6) is 0 Å². The molecule has 1 unspecified atom stereocenters. The summed E-state index contributed by atoms with van der Waals surface area (Å²) in [5, 5.41) is 2.74. The first-order chi connectivity index (χ1) is 7.98. The van der Waals surface area contributed by atoms with Crippen LogP contribution < -0.4 is 5.32 Å². The van der Waals surface area contributed by atoms with E-state index < -0.39 is 0 Å². The number of hydrogen-bond acceptors (Lipinski definition) is 3. The topological polar surface area (TPSA) is 49.4 Å². The van der Waals surface area contributed by atoms with Crippen LogP contribution in [0.2, 0.25) is 0 Å². The number of carbonyl (C=O) groups excluding carboxylic acids is 2. The van der Waals surface area contributed by atoms with Crippen LogP contribution in [0.25, 0.3) is 0 Å². The fourth-order valence-electron chi connectivity index (χ4n) is 2.44. The van der Waals surface area contributed by atoms with Crippen molar-refractivity contribution in [3.63, 3.8) is 0 Å². The van der Waals surface area contributed by atoms with Gasteiger partial charge >= 0.3 is 0 Å². The molecule has 0 aromatic rings. The zero-order valence-corrected chi connectivity index (χ0v) is 11.2.